The van der Waals surface area contributed by atoms with Gasteiger partial charge in [-0.1, -0.05) is 18.2 Å². The standard InChI is InChI=1S/C20H30N2O.ClH/c1-16-8-9-18(13-17(16)2)14-20(23)22-12-4-3-7-19(22)15-21-10-5-6-11-21;/h8-9,13,19H,3-7,10-12,14-15H2,1-2H3;1H. The summed E-state index contributed by atoms with van der Waals surface area (Å²) in [6, 6.07) is 6.85. The Kier molecular flexibility index (Phi) is 7.12. The minimum absolute atomic E-state index is 0. The maximum atomic E-state index is 12.9. The van der Waals surface area contributed by atoms with E-state index in [9.17, 15) is 4.79 Å². The smallest absolute Gasteiger partial charge is 0.227 e. The highest BCUT2D eigenvalue weighted by Crippen LogP contribution is 2.21. The fraction of sp³-hybridized carbons (Fsp3) is 0.650. The highest BCUT2D eigenvalue weighted by atomic mass is 35.5. The van der Waals surface area contributed by atoms with E-state index in [-0.39, 0.29) is 12.4 Å². The molecular weight excluding hydrogens is 320 g/mol. The zero-order valence-corrected chi connectivity index (χ0v) is 15.9. The molecule has 2 aliphatic rings. The molecule has 3 rings (SSSR count). The summed E-state index contributed by atoms with van der Waals surface area (Å²) in [5.41, 5.74) is 3.73. The van der Waals surface area contributed by atoms with Crippen LogP contribution >= 0.6 is 12.4 Å². The Bertz CT molecular complexity index is 555. The van der Waals surface area contributed by atoms with E-state index >= 15 is 0 Å². The van der Waals surface area contributed by atoms with Crippen molar-refractivity contribution in [3.63, 3.8) is 0 Å². The number of rotatable bonds is 4. The maximum Gasteiger partial charge on any atom is 0.227 e. The fourth-order valence-electron chi connectivity index (χ4n) is 3.97. The summed E-state index contributed by atoms with van der Waals surface area (Å²) >= 11 is 0. The number of hydrogen-bond donors (Lipinski definition) is 0. The molecule has 134 valence electrons. The predicted octanol–water partition coefficient (Wildman–Crippen LogP) is 3.74. The largest absolute Gasteiger partial charge is 0.338 e. The predicted molar refractivity (Wildman–Crippen MR) is 102 cm³/mol. The van der Waals surface area contributed by atoms with Gasteiger partial charge < -0.3 is 9.80 Å². The van der Waals surface area contributed by atoms with E-state index in [1.54, 1.807) is 0 Å². The SMILES string of the molecule is Cc1ccc(CC(=O)N2CCCCC2CN2CCCC2)cc1C.Cl. The van der Waals surface area contributed by atoms with Crippen molar-refractivity contribution < 1.29 is 4.79 Å². The van der Waals surface area contributed by atoms with Crippen LogP contribution in [0.4, 0.5) is 0 Å². The van der Waals surface area contributed by atoms with Crippen LogP contribution in [0, 0.1) is 13.8 Å². The number of hydrogen-bond acceptors (Lipinski definition) is 2. The van der Waals surface area contributed by atoms with E-state index in [0.717, 1.165) is 25.1 Å². The van der Waals surface area contributed by atoms with Gasteiger partial charge in [-0.3, -0.25) is 4.79 Å². The molecule has 1 aromatic carbocycles. The summed E-state index contributed by atoms with van der Waals surface area (Å²) in [4.78, 5) is 17.6. The van der Waals surface area contributed by atoms with Crippen molar-refractivity contribution in [3.05, 3.63) is 34.9 Å². The molecule has 0 aliphatic carbocycles. The van der Waals surface area contributed by atoms with Crippen LogP contribution in [-0.4, -0.2) is 47.9 Å². The molecule has 0 bridgehead atoms. The highest BCUT2D eigenvalue weighted by molar-refractivity contribution is 5.85. The van der Waals surface area contributed by atoms with Gasteiger partial charge in [0.05, 0.1) is 6.42 Å². The third kappa shape index (κ3) is 4.73. The van der Waals surface area contributed by atoms with Crippen LogP contribution in [0.15, 0.2) is 18.2 Å². The molecule has 4 heteroatoms. The van der Waals surface area contributed by atoms with Gasteiger partial charge in [0.2, 0.25) is 5.91 Å². The molecule has 0 saturated carbocycles. The summed E-state index contributed by atoms with van der Waals surface area (Å²) < 4.78 is 0. The third-order valence-electron chi connectivity index (χ3n) is 5.54. The number of benzene rings is 1. The molecule has 24 heavy (non-hydrogen) atoms. The molecule has 0 N–H and O–H groups in total. The zero-order chi connectivity index (χ0) is 16.2. The van der Waals surface area contributed by atoms with Crippen LogP contribution in [0.1, 0.15) is 48.8 Å². The Balaban J connectivity index is 0.00000208. The van der Waals surface area contributed by atoms with E-state index in [4.69, 9.17) is 0 Å². The number of nitrogens with zero attached hydrogens (tertiary/aromatic N) is 2. The molecule has 1 aromatic rings. The van der Waals surface area contributed by atoms with Gasteiger partial charge in [0.1, 0.15) is 0 Å². The second kappa shape index (κ2) is 8.87. The van der Waals surface area contributed by atoms with Crippen LogP contribution in [0.25, 0.3) is 0 Å². The minimum atomic E-state index is 0. The molecule has 0 spiro atoms. The lowest BCUT2D eigenvalue weighted by atomic mass is 9.99. The molecule has 1 unspecified atom stereocenters. The minimum Gasteiger partial charge on any atom is -0.338 e. The molecular formula is C20H31ClN2O. The number of carbonyl (C=O) groups excluding carboxylic acids is 1. The molecule has 1 atom stereocenters. The summed E-state index contributed by atoms with van der Waals surface area (Å²) in [7, 11) is 0. The first-order valence-corrected chi connectivity index (χ1v) is 9.21. The zero-order valence-electron chi connectivity index (χ0n) is 15.1. The van der Waals surface area contributed by atoms with Crippen molar-refractivity contribution in [2.24, 2.45) is 0 Å². The Hall–Kier alpha value is -1.06. The van der Waals surface area contributed by atoms with Gasteiger partial charge in [0.15, 0.2) is 0 Å². The van der Waals surface area contributed by atoms with E-state index in [1.807, 2.05) is 0 Å². The normalized spacial score (nSPS) is 21.6. The van der Waals surface area contributed by atoms with Crippen molar-refractivity contribution in [2.45, 2.75) is 58.4 Å². The first-order valence-electron chi connectivity index (χ1n) is 9.21. The summed E-state index contributed by atoms with van der Waals surface area (Å²) in [5.74, 6) is 0.317. The van der Waals surface area contributed by atoms with E-state index in [2.05, 4.69) is 41.8 Å². The highest BCUT2D eigenvalue weighted by Gasteiger charge is 2.28. The summed E-state index contributed by atoms with van der Waals surface area (Å²) in [6.45, 7) is 8.71. The average molecular weight is 351 g/mol. The molecule has 2 saturated heterocycles. The monoisotopic (exact) mass is 350 g/mol. The van der Waals surface area contributed by atoms with Crippen molar-refractivity contribution >= 4 is 18.3 Å². The lowest BCUT2D eigenvalue weighted by Gasteiger charge is -2.38. The fourth-order valence-corrected chi connectivity index (χ4v) is 3.97. The lowest BCUT2D eigenvalue weighted by molar-refractivity contribution is -0.134. The van der Waals surface area contributed by atoms with Crippen LogP contribution in [0.2, 0.25) is 0 Å². The number of amides is 1. The molecule has 2 fully saturated rings. The van der Waals surface area contributed by atoms with Gasteiger partial charge in [-0.25, -0.2) is 0 Å². The van der Waals surface area contributed by atoms with Crippen molar-refractivity contribution in [3.8, 4) is 0 Å². The van der Waals surface area contributed by atoms with Crippen LogP contribution in [0.3, 0.4) is 0 Å². The number of halogens is 1. The quantitative estimate of drug-likeness (QED) is 0.825. The van der Waals surface area contributed by atoms with Crippen molar-refractivity contribution in [1.82, 2.24) is 9.80 Å². The first kappa shape index (κ1) is 19.3. The third-order valence-corrected chi connectivity index (χ3v) is 5.54. The lowest BCUT2D eigenvalue weighted by Crippen LogP contribution is -2.49. The Morgan fingerprint density at radius 1 is 1.04 bits per heavy atom. The molecule has 3 nitrogen and oxygen atoms in total. The van der Waals surface area contributed by atoms with Gasteiger partial charge in [-0.2, -0.15) is 0 Å². The van der Waals surface area contributed by atoms with Gasteiger partial charge in [0, 0.05) is 19.1 Å². The number of aryl methyl sites for hydroxylation is 2. The van der Waals surface area contributed by atoms with E-state index in [0.29, 0.717) is 18.4 Å². The van der Waals surface area contributed by atoms with Gasteiger partial charge in [-0.15, -0.1) is 12.4 Å². The molecule has 2 aliphatic heterocycles. The Labute approximate surface area is 152 Å². The first-order chi connectivity index (χ1) is 11.1. The van der Waals surface area contributed by atoms with E-state index < -0.39 is 0 Å². The van der Waals surface area contributed by atoms with Crippen molar-refractivity contribution in [2.75, 3.05) is 26.2 Å². The number of likely N-dealkylation sites (tertiary alicyclic amines) is 2. The van der Waals surface area contributed by atoms with Crippen molar-refractivity contribution in [1.29, 1.82) is 0 Å². The van der Waals surface area contributed by atoms with Crippen LogP contribution in [-0.2, 0) is 11.2 Å². The molecule has 1 amide bonds. The van der Waals surface area contributed by atoms with Gasteiger partial charge in [-0.05, 0) is 75.7 Å². The second-order valence-electron chi connectivity index (χ2n) is 7.34. The second-order valence-corrected chi connectivity index (χ2v) is 7.34. The van der Waals surface area contributed by atoms with Gasteiger partial charge in [0.25, 0.3) is 0 Å². The molecule has 2 heterocycles. The Morgan fingerprint density at radius 2 is 1.75 bits per heavy atom. The Morgan fingerprint density at radius 3 is 2.46 bits per heavy atom. The van der Waals surface area contributed by atoms with Gasteiger partial charge >= 0.3 is 0 Å². The maximum absolute atomic E-state index is 12.9. The summed E-state index contributed by atoms with van der Waals surface area (Å²) in [5, 5.41) is 0. The van der Waals surface area contributed by atoms with Crippen LogP contribution in [0.5, 0.6) is 0 Å². The number of piperidine rings is 1. The molecule has 0 radical (unpaired) electrons. The van der Waals surface area contributed by atoms with E-state index in [1.165, 1.54) is 49.9 Å². The number of carbonyl (C=O) groups is 1. The summed E-state index contributed by atoms with van der Waals surface area (Å²) in [6.07, 6.45) is 6.81. The molecule has 0 aromatic heterocycles. The van der Waals surface area contributed by atoms with Crippen LogP contribution < -0.4 is 0 Å². The average Bonchev–Trinajstić information content (AvgIpc) is 3.04. The topological polar surface area (TPSA) is 23.6 Å².